The summed E-state index contributed by atoms with van der Waals surface area (Å²) in [6.07, 6.45) is 1.30. The lowest BCUT2D eigenvalue weighted by molar-refractivity contribution is 0.102. The summed E-state index contributed by atoms with van der Waals surface area (Å²) in [4.78, 5) is 17.5. The molecule has 1 amide bonds. The molecule has 154 valence electrons. The van der Waals surface area contributed by atoms with Crippen LogP contribution in [-0.2, 0) is 0 Å². The van der Waals surface area contributed by atoms with Crippen molar-refractivity contribution < 1.29 is 9.53 Å². The molecule has 1 N–H and O–H groups in total. The highest BCUT2D eigenvalue weighted by Crippen LogP contribution is 2.33. The largest absolute Gasteiger partial charge is 0.493 e. The first kappa shape index (κ1) is 19.8. The Morgan fingerprint density at radius 2 is 1.83 bits per heavy atom. The van der Waals surface area contributed by atoms with Crippen molar-refractivity contribution >= 4 is 17.3 Å². The molecule has 2 aromatic carbocycles. The van der Waals surface area contributed by atoms with Gasteiger partial charge in [0.25, 0.3) is 5.91 Å². The summed E-state index contributed by atoms with van der Waals surface area (Å²) in [6.45, 7) is 8.34. The third-order valence-corrected chi connectivity index (χ3v) is 6.02. The molecular formula is C24H31N3O2. The number of hydrogen-bond acceptors (Lipinski definition) is 4. The van der Waals surface area contributed by atoms with Crippen molar-refractivity contribution in [2.75, 3.05) is 43.5 Å². The molecule has 2 atom stereocenters. The summed E-state index contributed by atoms with van der Waals surface area (Å²) >= 11 is 0. The van der Waals surface area contributed by atoms with Crippen molar-refractivity contribution in [3.05, 3.63) is 54.1 Å². The van der Waals surface area contributed by atoms with E-state index in [-0.39, 0.29) is 5.91 Å². The van der Waals surface area contributed by atoms with Crippen LogP contribution in [0.2, 0.25) is 0 Å². The van der Waals surface area contributed by atoms with Gasteiger partial charge in [-0.3, -0.25) is 4.79 Å². The molecule has 0 aromatic heterocycles. The van der Waals surface area contributed by atoms with Gasteiger partial charge in [-0.15, -0.1) is 0 Å². The zero-order valence-electron chi connectivity index (χ0n) is 17.6. The minimum absolute atomic E-state index is 0.106. The molecule has 0 spiro atoms. The van der Waals surface area contributed by atoms with Crippen molar-refractivity contribution in [2.45, 2.75) is 26.3 Å². The summed E-state index contributed by atoms with van der Waals surface area (Å²) < 4.78 is 5.68. The number of nitrogens with zero attached hydrogens (tertiary/aromatic N) is 2. The number of benzene rings is 2. The van der Waals surface area contributed by atoms with Crippen LogP contribution < -0.4 is 15.0 Å². The Hall–Kier alpha value is -2.53. The molecule has 29 heavy (non-hydrogen) atoms. The molecule has 0 bridgehead atoms. The Bertz CT molecular complexity index is 832. The number of rotatable bonds is 6. The average Bonchev–Trinajstić information content (AvgIpc) is 3.29. The van der Waals surface area contributed by atoms with E-state index in [2.05, 4.69) is 48.1 Å². The van der Waals surface area contributed by atoms with Crippen LogP contribution in [0.1, 0.15) is 30.6 Å². The van der Waals surface area contributed by atoms with E-state index in [4.69, 9.17) is 4.74 Å². The van der Waals surface area contributed by atoms with Crippen molar-refractivity contribution in [3.8, 4) is 5.75 Å². The zero-order chi connectivity index (χ0) is 20.4. The van der Waals surface area contributed by atoms with E-state index in [1.165, 1.54) is 18.7 Å². The summed E-state index contributed by atoms with van der Waals surface area (Å²) in [7, 11) is 2.23. The summed E-state index contributed by atoms with van der Waals surface area (Å²) in [5.41, 5.74) is 2.68. The summed E-state index contributed by atoms with van der Waals surface area (Å²) in [5.74, 6) is 1.94. The smallest absolute Gasteiger partial charge is 0.255 e. The highest BCUT2D eigenvalue weighted by atomic mass is 16.5. The molecule has 0 unspecified atom stereocenters. The van der Waals surface area contributed by atoms with Gasteiger partial charge in [-0.1, -0.05) is 13.8 Å². The van der Waals surface area contributed by atoms with Crippen LogP contribution in [0, 0.1) is 11.8 Å². The number of carbonyl (C=O) groups is 1. The van der Waals surface area contributed by atoms with Gasteiger partial charge in [-0.2, -0.15) is 0 Å². The molecule has 0 saturated carbocycles. The molecule has 0 aliphatic carbocycles. The van der Waals surface area contributed by atoms with Gasteiger partial charge < -0.3 is 19.9 Å². The summed E-state index contributed by atoms with van der Waals surface area (Å²) in [5, 5.41) is 2.99. The fourth-order valence-electron chi connectivity index (χ4n) is 4.31. The Kier molecular flexibility index (Phi) is 5.76. The second-order valence-electron chi connectivity index (χ2n) is 8.73. The molecule has 2 aliphatic heterocycles. The van der Waals surface area contributed by atoms with E-state index < -0.39 is 0 Å². The first-order chi connectivity index (χ1) is 14.0. The van der Waals surface area contributed by atoms with Crippen LogP contribution in [0.4, 0.5) is 11.4 Å². The van der Waals surface area contributed by atoms with E-state index in [0.29, 0.717) is 24.1 Å². The summed E-state index contributed by atoms with van der Waals surface area (Å²) in [6, 6.07) is 16.2. The molecule has 5 nitrogen and oxygen atoms in total. The van der Waals surface area contributed by atoms with Gasteiger partial charge in [0.05, 0.1) is 6.61 Å². The minimum atomic E-state index is -0.106. The van der Waals surface area contributed by atoms with E-state index in [0.717, 1.165) is 30.4 Å². The van der Waals surface area contributed by atoms with Crippen LogP contribution in [0.3, 0.4) is 0 Å². The Labute approximate surface area is 173 Å². The van der Waals surface area contributed by atoms with Gasteiger partial charge in [0.15, 0.2) is 0 Å². The van der Waals surface area contributed by atoms with E-state index in [1.807, 2.05) is 24.3 Å². The molecule has 5 heteroatoms. The Morgan fingerprint density at radius 1 is 1.10 bits per heavy atom. The maximum atomic E-state index is 12.5. The lowest BCUT2D eigenvalue weighted by atomic mass is 10.1. The number of ether oxygens (including phenoxy) is 1. The van der Waals surface area contributed by atoms with Gasteiger partial charge in [0, 0.05) is 36.1 Å². The third kappa shape index (κ3) is 4.56. The number of likely N-dealkylation sites (N-methyl/N-ethyl adjacent to an activating group) is 1. The molecule has 2 aliphatic rings. The van der Waals surface area contributed by atoms with Crippen molar-refractivity contribution in [2.24, 2.45) is 11.8 Å². The molecule has 2 saturated heterocycles. The lowest BCUT2D eigenvalue weighted by Gasteiger charge is -2.22. The number of nitrogens with one attached hydrogen (secondary N) is 1. The number of anilines is 2. The van der Waals surface area contributed by atoms with Gasteiger partial charge in [0.1, 0.15) is 5.75 Å². The van der Waals surface area contributed by atoms with Gasteiger partial charge >= 0.3 is 0 Å². The molecule has 4 rings (SSSR count). The van der Waals surface area contributed by atoms with Gasteiger partial charge in [-0.05, 0) is 80.4 Å². The Balaban J connectivity index is 1.33. The highest BCUT2D eigenvalue weighted by Gasteiger charge is 2.39. The average molecular weight is 394 g/mol. The van der Waals surface area contributed by atoms with Crippen LogP contribution in [0.25, 0.3) is 0 Å². The predicted octanol–water partition coefficient (Wildman–Crippen LogP) is 4.11. The van der Waals surface area contributed by atoms with E-state index in [1.54, 1.807) is 12.1 Å². The SMILES string of the molecule is CC(C)COc1ccc(C(=O)Nc2ccc(N3C[C@@H]4CCN(C)[C@@H]4C3)cc2)cc1. The lowest BCUT2D eigenvalue weighted by Crippen LogP contribution is -2.32. The topological polar surface area (TPSA) is 44.8 Å². The second kappa shape index (κ2) is 8.46. The molecule has 0 radical (unpaired) electrons. The molecule has 2 fully saturated rings. The minimum Gasteiger partial charge on any atom is -0.493 e. The fourth-order valence-corrected chi connectivity index (χ4v) is 4.31. The second-order valence-corrected chi connectivity index (χ2v) is 8.73. The van der Waals surface area contributed by atoms with Crippen molar-refractivity contribution in [1.29, 1.82) is 0 Å². The standard InChI is InChI=1S/C24H31N3O2/c1-17(2)16-29-22-10-4-18(5-11-22)24(28)25-20-6-8-21(9-7-20)27-14-19-12-13-26(3)23(19)15-27/h4-11,17,19,23H,12-16H2,1-3H3,(H,25,28)/t19-,23+/m0/s1. The normalized spacial score (nSPS) is 21.4. The van der Waals surface area contributed by atoms with E-state index >= 15 is 0 Å². The van der Waals surface area contributed by atoms with Crippen molar-refractivity contribution in [3.63, 3.8) is 0 Å². The number of hydrogen-bond donors (Lipinski definition) is 1. The molecular weight excluding hydrogens is 362 g/mol. The number of carbonyl (C=O) groups excluding carboxylic acids is 1. The maximum absolute atomic E-state index is 12.5. The third-order valence-electron chi connectivity index (χ3n) is 6.02. The van der Waals surface area contributed by atoms with Gasteiger partial charge in [-0.25, -0.2) is 0 Å². The van der Waals surface area contributed by atoms with Crippen LogP contribution >= 0.6 is 0 Å². The number of fused-ring (bicyclic) bond motifs is 1. The van der Waals surface area contributed by atoms with Crippen LogP contribution in [0.5, 0.6) is 5.75 Å². The monoisotopic (exact) mass is 393 g/mol. The molecule has 2 heterocycles. The number of likely N-dealkylation sites (tertiary alicyclic amines) is 1. The molecule has 2 aromatic rings. The maximum Gasteiger partial charge on any atom is 0.255 e. The first-order valence-electron chi connectivity index (χ1n) is 10.6. The van der Waals surface area contributed by atoms with Crippen molar-refractivity contribution in [1.82, 2.24) is 4.90 Å². The highest BCUT2D eigenvalue weighted by molar-refractivity contribution is 6.04. The fraction of sp³-hybridized carbons (Fsp3) is 0.458. The predicted molar refractivity (Wildman–Crippen MR) is 118 cm³/mol. The van der Waals surface area contributed by atoms with Crippen LogP contribution in [-0.4, -0.2) is 50.1 Å². The van der Waals surface area contributed by atoms with Crippen LogP contribution in [0.15, 0.2) is 48.5 Å². The first-order valence-corrected chi connectivity index (χ1v) is 10.6. The zero-order valence-corrected chi connectivity index (χ0v) is 17.6. The van der Waals surface area contributed by atoms with E-state index in [9.17, 15) is 4.79 Å². The Morgan fingerprint density at radius 3 is 2.48 bits per heavy atom. The quantitative estimate of drug-likeness (QED) is 0.802. The van der Waals surface area contributed by atoms with Gasteiger partial charge in [0.2, 0.25) is 0 Å². The number of amides is 1.